The second-order valence-corrected chi connectivity index (χ2v) is 3.26. The zero-order valence-electron chi connectivity index (χ0n) is 8.70. The standard InChI is InChI=1S/C11H15N3/c1-3-4-8-14(2)11-10(9-12)6-5-7-13-11/h5-7H,3-4,8H2,1-2H3. The highest BCUT2D eigenvalue weighted by atomic mass is 15.2. The summed E-state index contributed by atoms with van der Waals surface area (Å²) in [6.07, 6.45) is 4.00. The molecule has 0 aliphatic rings. The summed E-state index contributed by atoms with van der Waals surface area (Å²) < 4.78 is 0. The molecule has 0 saturated carbocycles. The first kappa shape index (κ1) is 10.5. The maximum Gasteiger partial charge on any atom is 0.146 e. The van der Waals surface area contributed by atoms with Gasteiger partial charge in [-0.3, -0.25) is 0 Å². The maximum absolute atomic E-state index is 8.88. The van der Waals surface area contributed by atoms with Crippen LogP contribution in [0.4, 0.5) is 5.82 Å². The summed E-state index contributed by atoms with van der Waals surface area (Å²) in [5.41, 5.74) is 0.645. The number of anilines is 1. The summed E-state index contributed by atoms with van der Waals surface area (Å²) >= 11 is 0. The molecule has 0 fully saturated rings. The fourth-order valence-electron chi connectivity index (χ4n) is 1.29. The van der Waals surface area contributed by atoms with Gasteiger partial charge in [-0.1, -0.05) is 13.3 Å². The third-order valence-corrected chi connectivity index (χ3v) is 2.12. The molecule has 1 aromatic rings. The van der Waals surface area contributed by atoms with Crippen LogP contribution >= 0.6 is 0 Å². The Kier molecular flexibility index (Phi) is 3.93. The predicted octanol–water partition coefficient (Wildman–Crippen LogP) is 2.19. The van der Waals surface area contributed by atoms with E-state index in [1.54, 1.807) is 18.3 Å². The Balaban J connectivity index is 2.79. The Morgan fingerprint density at radius 1 is 1.57 bits per heavy atom. The quantitative estimate of drug-likeness (QED) is 0.729. The normalized spacial score (nSPS) is 9.50. The van der Waals surface area contributed by atoms with Crippen molar-refractivity contribution in [3.8, 4) is 6.07 Å². The lowest BCUT2D eigenvalue weighted by Gasteiger charge is -2.18. The largest absolute Gasteiger partial charge is 0.359 e. The predicted molar refractivity (Wildman–Crippen MR) is 57.1 cm³/mol. The van der Waals surface area contributed by atoms with Crippen molar-refractivity contribution in [1.29, 1.82) is 5.26 Å². The Bertz CT molecular complexity index is 328. The van der Waals surface area contributed by atoms with E-state index in [0.29, 0.717) is 5.56 Å². The number of unbranched alkanes of at least 4 members (excludes halogenated alkanes) is 1. The van der Waals surface area contributed by atoms with E-state index < -0.39 is 0 Å². The second kappa shape index (κ2) is 5.23. The molecule has 1 rings (SSSR count). The fourth-order valence-corrected chi connectivity index (χ4v) is 1.29. The van der Waals surface area contributed by atoms with Gasteiger partial charge in [0.1, 0.15) is 11.9 Å². The lowest BCUT2D eigenvalue weighted by atomic mass is 10.2. The summed E-state index contributed by atoms with van der Waals surface area (Å²) in [4.78, 5) is 6.24. The maximum atomic E-state index is 8.88. The fraction of sp³-hybridized carbons (Fsp3) is 0.455. The van der Waals surface area contributed by atoms with Crippen LogP contribution in [0.1, 0.15) is 25.3 Å². The van der Waals surface area contributed by atoms with E-state index in [4.69, 9.17) is 5.26 Å². The highest BCUT2D eigenvalue weighted by Crippen LogP contribution is 2.14. The van der Waals surface area contributed by atoms with Gasteiger partial charge >= 0.3 is 0 Å². The summed E-state index contributed by atoms with van der Waals surface area (Å²) in [6, 6.07) is 5.73. The molecular formula is C11H15N3. The Hall–Kier alpha value is -1.56. The molecule has 0 amide bonds. The van der Waals surface area contributed by atoms with E-state index in [9.17, 15) is 0 Å². The number of nitriles is 1. The first-order valence-electron chi connectivity index (χ1n) is 4.85. The SMILES string of the molecule is CCCCN(C)c1ncccc1C#N. The Labute approximate surface area is 85.0 Å². The molecule has 3 heteroatoms. The van der Waals surface area contributed by atoms with Gasteiger partial charge in [0.25, 0.3) is 0 Å². The molecule has 0 spiro atoms. The minimum atomic E-state index is 0.645. The zero-order chi connectivity index (χ0) is 10.4. The van der Waals surface area contributed by atoms with Gasteiger partial charge in [0.15, 0.2) is 0 Å². The zero-order valence-corrected chi connectivity index (χ0v) is 8.70. The van der Waals surface area contributed by atoms with Crippen LogP contribution in [0.25, 0.3) is 0 Å². The van der Waals surface area contributed by atoms with Crippen molar-refractivity contribution >= 4 is 5.82 Å². The Morgan fingerprint density at radius 2 is 2.36 bits per heavy atom. The minimum absolute atomic E-state index is 0.645. The topological polar surface area (TPSA) is 39.9 Å². The van der Waals surface area contributed by atoms with Gasteiger partial charge < -0.3 is 4.90 Å². The van der Waals surface area contributed by atoms with Crippen LogP contribution in [-0.2, 0) is 0 Å². The molecule has 74 valence electrons. The van der Waals surface area contributed by atoms with E-state index in [1.807, 2.05) is 11.9 Å². The van der Waals surface area contributed by atoms with Crippen LogP contribution in [0.15, 0.2) is 18.3 Å². The molecular weight excluding hydrogens is 174 g/mol. The van der Waals surface area contributed by atoms with Gasteiger partial charge in [-0.15, -0.1) is 0 Å². The summed E-state index contributed by atoms with van der Waals surface area (Å²) in [6.45, 7) is 3.10. The monoisotopic (exact) mass is 189 g/mol. The molecule has 0 aliphatic heterocycles. The lowest BCUT2D eigenvalue weighted by molar-refractivity contribution is 0.759. The molecule has 0 N–H and O–H groups in total. The Morgan fingerprint density at radius 3 is 3.00 bits per heavy atom. The van der Waals surface area contributed by atoms with Crippen LogP contribution in [0.5, 0.6) is 0 Å². The van der Waals surface area contributed by atoms with Crippen molar-refractivity contribution < 1.29 is 0 Å². The van der Waals surface area contributed by atoms with Gasteiger partial charge in [-0.2, -0.15) is 5.26 Å². The van der Waals surface area contributed by atoms with Crippen LogP contribution in [0.3, 0.4) is 0 Å². The summed E-state index contributed by atoms with van der Waals surface area (Å²) in [7, 11) is 1.97. The molecule has 0 aromatic carbocycles. The number of rotatable bonds is 4. The van der Waals surface area contributed by atoms with Crippen LogP contribution < -0.4 is 4.90 Å². The average molecular weight is 189 g/mol. The molecule has 0 radical (unpaired) electrons. The highest BCUT2D eigenvalue weighted by Gasteiger charge is 2.06. The highest BCUT2D eigenvalue weighted by molar-refractivity contribution is 5.52. The van der Waals surface area contributed by atoms with E-state index in [-0.39, 0.29) is 0 Å². The summed E-state index contributed by atoms with van der Waals surface area (Å²) in [5.74, 6) is 0.781. The summed E-state index contributed by atoms with van der Waals surface area (Å²) in [5, 5.41) is 8.88. The third-order valence-electron chi connectivity index (χ3n) is 2.12. The van der Waals surface area contributed by atoms with Crippen molar-refractivity contribution in [2.24, 2.45) is 0 Å². The number of hydrogen-bond acceptors (Lipinski definition) is 3. The van der Waals surface area contributed by atoms with Gasteiger partial charge in [-0.25, -0.2) is 4.98 Å². The molecule has 0 unspecified atom stereocenters. The first-order valence-corrected chi connectivity index (χ1v) is 4.85. The molecule has 1 aromatic heterocycles. The van der Waals surface area contributed by atoms with Crippen LogP contribution in [-0.4, -0.2) is 18.6 Å². The van der Waals surface area contributed by atoms with Crippen LogP contribution in [0, 0.1) is 11.3 Å². The molecule has 0 bridgehead atoms. The van der Waals surface area contributed by atoms with Crippen molar-refractivity contribution in [3.63, 3.8) is 0 Å². The van der Waals surface area contributed by atoms with E-state index in [1.165, 1.54) is 0 Å². The van der Waals surface area contributed by atoms with Crippen molar-refractivity contribution in [2.75, 3.05) is 18.5 Å². The molecule has 1 heterocycles. The molecule has 0 aliphatic carbocycles. The van der Waals surface area contributed by atoms with Gasteiger partial charge in [0, 0.05) is 19.8 Å². The third kappa shape index (κ3) is 2.46. The molecule has 0 atom stereocenters. The number of nitrogens with zero attached hydrogens (tertiary/aromatic N) is 3. The second-order valence-electron chi connectivity index (χ2n) is 3.26. The molecule has 3 nitrogen and oxygen atoms in total. The molecule has 0 saturated heterocycles. The van der Waals surface area contributed by atoms with Gasteiger partial charge in [0.2, 0.25) is 0 Å². The van der Waals surface area contributed by atoms with Crippen molar-refractivity contribution in [3.05, 3.63) is 23.9 Å². The van der Waals surface area contributed by atoms with Gasteiger partial charge in [0.05, 0.1) is 5.56 Å². The lowest BCUT2D eigenvalue weighted by Crippen LogP contribution is -2.20. The average Bonchev–Trinajstić information content (AvgIpc) is 2.25. The van der Waals surface area contributed by atoms with Gasteiger partial charge in [-0.05, 0) is 18.6 Å². The number of hydrogen-bond donors (Lipinski definition) is 0. The first-order chi connectivity index (χ1) is 6.79. The smallest absolute Gasteiger partial charge is 0.146 e. The molecule has 14 heavy (non-hydrogen) atoms. The van der Waals surface area contributed by atoms with E-state index in [2.05, 4.69) is 18.0 Å². The van der Waals surface area contributed by atoms with Crippen LogP contribution in [0.2, 0.25) is 0 Å². The number of pyridine rings is 1. The minimum Gasteiger partial charge on any atom is -0.359 e. The van der Waals surface area contributed by atoms with Crippen molar-refractivity contribution in [1.82, 2.24) is 4.98 Å². The number of aromatic nitrogens is 1. The van der Waals surface area contributed by atoms with E-state index in [0.717, 1.165) is 25.2 Å². The van der Waals surface area contributed by atoms with E-state index >= 15 is 0 Å². The van der Waals surface area contributed by atoms with Crippen molar-refractivity contribution in [2.45, 2.75) is 19.8 Å².